The van der Waals surface area contributed by atoms with E-state index in [-0.39, 0.29) is 19.1 Å². The van der Waals surface area contributed by atoms with Crippen molar-refractivity contribution in [2.45, 2.75) is 63.8 Å². The first-order valence-electron chi connectivity index (χ1n) is 13.0. The monoisotopic (exact) mass is 542 g/mol. The van der Waals surface area contributed by atoms with Gasteiger partial charge in [0.2, 0.25) is 5.91 Å². The fourth-order valence-electron chi connectivity index (χ4n) is 3.64. The van der Waals surface area contributed by atoms with Gasteiger partial charge in [0, 0.05) is 6.54 Å². The molecule has 1 aliphatic rings. The van der Waals surface area contributed by atoms with Gasteiger partial charge in [-0.3, -0.25) is 4.79 Å². The highest BCUT2D eigenvalue weighted by Crippen LogP contribution is 2.07. The first-order chi connectivity index (χ1) is 18.9. The van der Waals surface area contributed by atoms with Gasteiger partial charge in [-0.05, 0) is 56.2 Å². The Balaban J connectivity index is 0.000000274. The largest absolute Gasteiger partial charge is 0.480 e. The van der Waals surface area contributed by atoms with Gasteiger partial charge in [0.05, 0.1) is 0 Å². The third-order valence-corrected chi connectivity index (χ3v) is 5.79. The van der Waals surface area contributed by atoms with Gasteiger partial charge >= 0.3 is 18.2 Å². The molecule has 212 valence electrons. The fraction of sp³-hybridized carbons (Fsp3) is 0.429. The molecule has 0 saturated carbocycles. The summed E-state index contributed by atoms with van der Waals surface area (Å²) < 4.78 is 10.1. The molecule has 3 amide bonds. The number of carbonyl (C=O) groups is 4. The van der Waals surface area contributed by atoms with Crippen LogP contribution in [-0.2, 0) is 32.3 Å². The van der Waals surface area contributed by atoms with E-state index in [1.807, 2.05) is 60.7 Å². The van der Waals surface area contributed by atoms with Gasteiger partial charge in [0.25, 0.3) is 0 Å². The van der Waals surface area contributed by atoms with Crippen LogP contribution in [0.25, 0.3) is 0 Å². The molecule has 0 aliphatic carbocycles. The summed E-state index contributed by atoms with van der Waals surface area (Å²) in [6.07, 6.45) is 2.96. The number of hydrogen-bond acceptors (Lipinski definition) is 7. The number of nitrogens with two attached hydrogens (primary N) is 1. The van der Waals surface area contributed by atoms with Crippen LogP contribution in [-0.4, -0.2) is 54.3 Å². The molecular formula is C28H38N4O7. The lowest BCUT2D eigenvalue weighted by molar-refractivity contribution is -0.139. The van der Waals surface area contributed by atoms with Gasteiger partial charge in [0.15, 0.2) is 0 Å². The molecule has 11 heteroatoms. The maximum absolute atomic E-state index is 11.6. The molecule has 0 aromatic heterocycles. The number of carboxylic acids is 1. The van der Waals surface area contributed by atoms with Crippen molar-refractivity contribution in [1.29, 1.82) is 0 Å². The van der Waals surface area contributed by atoms with Crippen LogP contribution in [0.15, 0.2) is 60.7 Å². The summed E-state index contributed by atoms with van der Waals surface area (Å²) in [5.41, 5.74) is 7.11. The van der Waals surface area contributed by atoms with Crippen LogP contribution in [0.1, 0.15) is 49.7 Å². The van der Waals surface area contributed by atoms with Crippen LogP contribution in [0.5, 0.6) is 0 Å². The second kappa shape index (κ2) is 18.2. The van der Waals surface area contributed by atoms with Crippen LogP contribution in [0, 0.1) is 0 Å². The minimum absolute atomic E-state index is 0.113. The van der Waals surface area contributed by atoms with Crippen molar-refractivity contribution in [3.8, 4) is 0 Å². The molecule has 0 radical (unpaired) electrons. The molecule has 1 fully saturated rings. The Morgan fingerprint density at radius 3 is 2.08 bits per heavy atom. The zero-order valence-electron chi connectivity index (χ0n) is 22.0. The van der Waals surface area contributed by atoms with Crippen LogP contribution in [0.2, 0.25) is 0 Å². The summed E-state index contributed by atoms with van der Waals surface area (Å²) >= 11 is 0. The summed E-state index contributed by atoms with van der Waals surface area (Å²) in [5.74, 6) is -1.20. The van der Waals surface area contributed by atoms with Crippen molar-refractivity contribution in [2.24, 2.45) is 5.73 Å². The average molecular weight is 543 g/mol. The summed E-state index contributed by atoms with van der Waals surface area (Å²) in [6.45, 7) is 1.50. The number of unbranched alkanes of at least 4 members (excludes halogenated alkanes) is 1. The number of ether oxygens (including phenoxy) is 2. The van der Waals surface area contributed by atoms with Crippen LogP contribution < -0.4 is 21.7 Å². The smallest absolute Gasteiger partial charge is 0.408 e. The Bertz CT molecular complexity index is 1020. The molecule has 2 aromatic rings. The number of alkyl carbamates (subject to hydrolysis) is 2. The van der Waals surface area contributed by atoms with Gasteiger partial charge in [0.1, 0.15) is 25.3 Å². The molecule has 0 unspecified atom stereocenters. The number of aliphatic carboxylic acids is 1. The van der Waals surface area contributed by atoms with Crippen LogP contribution in [0.4, 0.5) is 9.59 Å². The Hall–Kier alpha value is -4.12. The predicted octanol–water partition coefficient (Wildman–Crippen LogP) is 3.08. The topological polar surface area (TPSA) is 169 Å². The molecule has 2 atom stereocenters. The van der Waals surface area contributed by atoms with E-state index >= 15 is 0 Å². The van der Waals surface area contributed by atoms with E-state index in [0.29, 0.717) is 32.4 Å². The summed E-state index contributed by atoms with van der Waals surface area (Å²) in [4.78, 5) is 45.8. The molecule has 1 aliphatic heterocycles. The van der Waals surface area contributed by atoms with Gasteiger partial charge in [-0.2, -0.15) is 0 Å². The second-order valence-corrected chi connectivity index (χ2v) is 8.93. The summed E-state index contributed by atoms with van der Waals surface area (Å²) in [7, 11) is 0. The molecule has 3 rings (SSSR count). The highest BCUT2D eigenvalue weighted by molar-refractivity contribution is 5.85. The molecule has 11 nitrogen and oxygen atoms in total. The SMILES string of the molecule is NCCCC[C@@H](NC(=O)OCc1ccccc1)C(=O)O.O=C(N[C@@H]1CCCCNC1=O)OCc1ccccc1. The molecule has 1 saturated heterocycles. The fourth-order valence-corrected chi connectivity index (χ4v) is 3.64. The molecule has 0 bridgehead atoms. The average Bonchev–Trinajstić information content (AvgIpc) is 3.15. The Labute approximate surface area is 228 Å². The Morgan fingerprint density at radius 2 is 1.51 bits per heavy atom. The minimum atomic E-state index is -1.07. The number of amides is 3. The number of benzene rings is 2. The predicted molar refractivity (Wildman–Crippen MR) is 145 cm³/mol. The lowest BCUT2D eigenvalue weighted by Gasteiger charge is -2.15. The van der Waals surface area contributed by atoms with E-state index in [0.717, 1.165) is 30.4 Å². The van der Waals surface area contributed by atoms with Crippen molar-refractivity contribution in [1.82, 2.24) is 16.0 Å². The molecule has 0 spiro atoms. The number of rotatable bonds is 11. The third-order valence-electron chi connectivity index (χ3n) is 5.79. The highest BCUT2D eigenvalue weighted by atomic mass is 16.6. The number of nitrogens with one attached hydrogen (secondary N) is 3. The maximum Gasteiger partial charge on any atom is 0.408 e. The van der Waals surface area contributed by atoms with Crippen molar-refractivity contribution in [3.05, 3.63) is 71.8 Å². The van der Waals surface area contributed by atoms with E-state index in [1.165, 1.54) is 0 Å². The van der Waals surface area contributed by atoms with E-state index in [1.54, 1.807) is 0 Å². The van der Waals surface area contributed by atoms with Crippen LogP contribution >= 0.6 is 0 Å². The van der Waals surface area contributed by atoms with Crippen molar-refractivity contribution < 1.29 is 33.8 Å². The van der Waals surface area contributed by atoms with E-state index < -0.39 is 30.2 Å². The van der Waals surface area contributed by atoms with Crippen molar-refractivity contribution in [2.75, 3.05) is 13.1 Å². The molecule has 6 N–H and O–H groups in total. The molecular weight excluding hydrogens is 504 g/mol. The van der Waals surface area contributed by atoms with Crippen molar-refractivity contribution >= 4 is 24.1 Å². The molecule has 2 aromatic carbocycles. The van der Waals surface area contributed by atoms with E-state index in [9.17, 15) is 19.2 Å². The Morgan fingerprint density at radius 1 is 0.923 bits per heavy atom. The molecule has 1 heterocycles. The van der Waals surface area contributed by atoms with E-state index in [2.05, 4.69) is 16.0 Å². The van der Waals surface area contributed by atoms with E-state index in [4.69, 9.17) is 20.3 Å². The van der Waals surface area contributed by atoms with Gasteiger partial charge in [-0.1, -0.05) is 60.7 Å². The minimum Gasteiger partial charge on any atom is -0.480 e. The number of carbonyl (C=O) groups excluding carboxylic acids is 3. The third kappa shape index (κ3) is 13.3. The standard InChI is InChI=1S/C14H20N2O4.C14H18N2O3/c15-9-5-4-8-12(13(17)18)16-14(19)20-10-11-6-2-1-3-7-11;17-13-12(8-4-5-9-15-13)16-14(18)19-10-11-6-2-1-3-7-11/h1-3,6-7,12H,4-5,8-10,15H2,(H,16,19)(H,17,18);1-3,6-7,12H,4-5,8-10H2,(H,15,17)(H,16,18)/t2*12-/m11/s1. The molecule has 39 heavy (non-hydrogen) atoms. The van der Waals surface area contributed by atoms with Crippen molar-refractivity contribution in [3.63, 3.8) is 0 Å². The number of carboxylic acid groups (broad SMARTS) is 1. The van der Waals surface area contributed by atoms with Gasteiger partial charge in [-0.25, -0.2) is 14.4 Å². The Kier molecular flexibility index (Phi) is 14.5. The lowest BCUT2D eigenvalue weighted by atomic mass is 10.1. The lowest BCUT2D eigenvalue weighted by Crippen LogP contribution is -2.45. The first-order valence-corrected chi connectivity index (χ1v) is 13.0. The zero-order chi connectivity index (χ0) is 28.3. The maximum atomic E-state index is 11.6. The second-order valence-electron chi connectivity index (χ2n) is 8.93. The zero-order valence-corrected chi connectivity index (χ0v) is 22.0. The van der Waals surface area contributed by atoms with Crippen LogP contribution in [0.3, 0.4) is 0 Å². The van der Waals surface area contributed by atoms with Gasteiger partial charge < -0.3 is 36.3 Å². The first kappa shape index (κ1) is 31.1. The van der Waals surface area contributed by atoms with Gasteiger partial charge in [-0.15, -0.1) is 0 Å². The highest BCUT2D eigenvalue weighted by Gasteiger charge is 2.23. The number of hydrogen-bond donors (Lipinski definition) is 5. The quantitative estimate of drug-likeness (QED) is 0.270. The normalized spacial score (nSPS) is 15.3. The summed E-state index contributed by atoms with van der Waals surface area (Å²) in [5, 5.41) is 16.7. The summed E-state index contributed by atoms with van der Waals surface area (Å²) in [6, 6.07) is 17.2.